The number of carbonyl (C=O) groups is 1. The quantitative estimate of drug-likeness (QED) is 0.293. The molecule has 0 radical (unpaired) electrons. The standard InChI is InChI=1S/C27H24F4N6O4/c1-39-25-17(12-37(35-25)19-13-40-14-19)7-22-32-10-18(11-33-22)15-2-3-16(20(28)6-15)8-24(38)34-23-9-21(41-36-23)26(4-5-26)27(29,30)31/h2-3,6,9-12,19H,4-5,7-8,13-14H2,1H3,(H,34,36,38). The molecule has 1 aliphatic carbocycles. The molecule has 41 heavy (non-hydrogen) atoms. The minimum atomic E-state index is -4.47. The van der Waals surface area contributed by atoms with Crippen molar-refractivity contribution in [1.82, 2.24) is 24.9 Å². The van der Waals surface area contributed by atoms with Gasteiger partial charge in [0.05, 0.1) is 32.8 Å². The Hall–Kier alpha value is -4.33. The second-order valence-electron chi connectivity index (χ2n) is 10.1. The van der Waals surface area contributed by atoms with E-state index >= 15 is 0 Å². The molecule has 0 atom stereocenters. The third-order valence-electron chi connectivity index (χ3n) is 7.29. The summed E-state index contributed by atoms with van der Waals surface area (Å²) in [7, 11) is 1.55. The number of alkyl halides is 3. The van der Waals surface area contributed by atoms with E-state index in [4.69, 9.17) is 14.0 Å². The van der Waals surface area contributed by atoms with Crippen LogP contribution in [-0.2, 0) is 27.8 Å². The summed E-state index contributed by atoms with van der Waals surface area (Å²) in [6, 6.07) is 5.60. The maximum Gasteiger partial charge on any atom is 0.401 e. The maximum atomic E-state index is 14.9. The van der Waals surface area contributed by atoms with Crippen LogP contribution in [0.1, 0.15) is 41.6 Å². The van der Waals surface area contributed by atoms with Crippen molar-refractivity contribution in [3.8, 4) is 17.0 Å². The normalized spacial score (nSPS) is 16.3. The van der Waals surface area contributed by atoms with Gasteiger partial charge in [-0.05, 0) is 30.0 Å². The highest BCUT2D eigenvalue weighted by atomic mass is 19.4. The van der Waals surface area contributed by atoms with Gasteiger partial charge in [0.2, 0.25) is 11.8 Å². The molecule has 14 heteroatoms. The predicted octanol–water partition coefficient (Wildman–Crippen LogP) is 4.41. The number of rotatable bonds is 9. The van der Waals surface area contributed by atoms with Crippen LogP contribution >= 0.6 is 0 Å². The van der Waals surface area contributed by atoms with Crippen molar-refractivity contribution in [2.45, 2.75) is 43.3 Å². The van der Waals surface area contributed by atoms with Crippen molar-refractivity contribution in [2.24, 2.45) is 0 Å². The molecule has 3 aromatic heterocycles. The Morgan fingerprint density at radius 2 is 1.90 bits per heavy atom. The van der Waals surface area contributed by atoms with Crippen LogP contribution in [0.15, 0.2) is 47.4 Å². The van der Waals surface area contributed by atoms with Crippen molar-refractivity contribution in [3.63, 3.8) is 0 Å². The lowest BCUT2D eigenvalue weighted by Gasteiger charge is -2.25. The van der Waals surface area contributed by atoms with Gasteiger partial charge in [-0.1, -0.05) is 17.3 Å². The van der Waals surface area contributed by atoms with Crippen LogP contribution in [0.25, 0.3) is 11.1 Å². The Balaban J connectivity index is 1.08. The summed E-state index contributed by atoms with van der Waals surface area (Å²) in [4.78, 5) is 21.2. The number of nitrogens with one attached hydrogen (secondary N) is 1. The molecular weight excluding hydrogens is 548 g/mol. The molecule has 0 unspecified atom stereocenters. The Bertz CT molecular complexity index is 1580. The minimum Gasteiger partial charge on any atom is -0.480 e. The zero-order valence-electron chi connectivity index (χ0n) is 21.7. The summed E-state index contributed by atoms with van der Waals surface area (Å²) in [5.41, 5.74) is -0.0327. The summed E-state index contributed by atoms with van der Waals surface area (Å²) in [5, 5.41) is 10.3. The Kier molecular flexibility index (Phi) is 6.72. The fourth-order valence-corrected chi connectivity index (χ4v) is 4.62. The van der Waals surface area contributed by atoms with Gasteiger partial charge in [-0.25, -0.2) is 14.4 Å². The van der Waals surface area contributed by atoms with Crippen molar-refractivity contribution in [2.75, 3.05) is 25.6 Å². The fraction of sp³-hybridized carbons (Fsp3) is 0.370. The first-order chi connectivity index (χ1) is 19.6. The number of anilines is 1. The monoisotopic (exact) mass is 572 g/mol. The molecule has 1 saturated carbocycles. The van der Waals surface area contributed by atoms with Crippen LogP contribution in [0.2, 0.25) is 0 Å². The van der Waals surface area contributed by atoms with Crippen LogP contribution in [0.4, 0.5) is 23.4 Å². The van der Waals surface area contributed by atoms with E-state index in [1.54, 1.807) is 25.6 Å². The predicted molar refractivity (Wildman–Crippen MR) is 135 cm³/mol. The number of halogens is 4. The maximum absolute atomic E-state index is 14.9. The van der Waals surface area contributed by atoms with E-state index in [2.05, 4.69) is 25.5 Å². The highest BCUT2D eigenvalue weighted by molar-refractivity contribution is 5.91. The molecule has 1 N–H and O–H groups in total. The third-order valence-corrected chi connectivity index (χ3v) is 7.29. The van der Waals surface area contributed by atoms with E-state index in [-0.39, 0.29) is 42.4 Å². The van der Waals surface area contributed by atoms with Gasteiger partial charge in [-0.15, -0.1) is 5.10 Å². The summed E-state index contributed by atoms with van der Waals surface area (Å²) in [5.74, 6) is -0.760. The van der Waals surface area contributed by atoms with Gasteiger partial charge in [0.25, 0.3) is 0 Å². The molecule has 6 rings (SSSR count). The first-order valence-corrected chi connectivity index (χ1v) is 12.8. The van der Waals surface area contributed by atoms with E-state index in [1.807, 2.05) is 10.9 Å². The SMILES string of the molecule is COc1nn(C2COC2)cc1Cc1ncc(-c2ccc(CC(=O)Nc3cc(C4(C(F)(F)F)CC4)on3)c(F)c2)cn1. The summed E-state index contributed by atoms with van der Waals surface area (Å²) in [6.45, 7) is 1.20. The average molecular weight is 573 g/mol. The van der Waals surface area contributed by atoms with Crippen LogP contribution in [0, 0.1) is 5.82 Å². The van der Waals surface area contributed by atoms with Crippen molar-refractivity contribution in [1.29, 1.82) is 0 Å². The first kappa shape index (κ1) is 26.9. The number of aromatic nitrogens is 5. The average Bonchev–Trinajstić information content (AvgIpc) is 3.46. The number of nitrogens with zero attached hydrogens (tertiary/aromatic N) is 5. The van der Waals surface area contributed by atoms with Crippen LogP contribution in [-0.4, -0.2) is 57.3 Å². The zero-order valence-corrected chi connectivity index (χ0v) is 21.7. The molecule has 2 fully saturated rings. The van der Waals surface area contributed by atoms with Gasteiger partial charge in [-0.3, -0.25) is 9.48 Å². The summed E-state index contributed by atoms with van der Waals surface area (Å²) >= 11 is 0. The molecule has 1 aromatic carbocycles. The highest BCUT2D eigenvalue weighted by Crippen LogP contribution is 2.59. The number of hydrogen-bond donors (Lipinski definition) is 1. The molecule has 0 spiro atoms. The lowest BCUT2D eigenvalue weighted by molar-refractivity contribution is -0.165. The van der Waals surface area contributed by atoms with E-state index < -0.39 is 23.3 Å². The van der Waals surface area contributed by atoms with E-state index in [0.29, 0.717) is 42.5 Å². The highest BCUT2D eigenvalue weighted by Gasteiger charge is 2.66. The molecule has 214 valence electrons. The zero-order chi connectivity index (χ0) is 28.8. The van der Waals surface area contributed by atoms with Crippen molar-refractivity contribution >= 4 is 11.7 Å². The lowest BCUT2D eigenvalue weighted by atomic mass is 10.0. The van der Waals surface area contributed by atoms with Gasteiger partial charge in [0.1, 0.15) is 17.1 Å². The molecule has 1 saturated heterocycles. The molecule has 1 aliphatic heterocycles. The van der Waals surface area contributed by atoms with Gasteiger partial charge < -0.3 is 19.3 Å². The number of ether oxygens (including phenoxy) is 2. The van der Waals surface area contributed by atoms with Gasteiger partial charge >= 0.3 is 6.18 Å². The van der Waals surface area contributed by atoms with Crippen molar-refractivity contribution in [3.05, 3.63) is 71.4 Å². The van der Waals surface area contributed by atoms with Crippen LogP contribution in [0.5, 0.6) is 5.88 Å². The number of amides is 1. The van der Waals surface area contributed by atoms with Crippen molar-refractivity contribution < 1.29 is 36.4 Å². The van der Waals surface area contributed by atoms with Gasteiger partial charge in [0, 0.05) is 42.2 Å². The number of benzene rings is 1. The smallest absolute Gasteiger partial charge is 0.401 e. The molecule has 0 bridgehead atoms. The third kappa shape index (κ3) is 5.26. The Morgan fingerprint density at radius 3 is 2.51 bits per heavy atom. The second-order valence-corrected chi connectivity index (χ2v) is 10.1. The fourth-order valence-electron chi connectivity index (χ4n) is 4.62. The number of carbonyl (C=O) groups excluding carboxylic acids is 1. The summed E-state index contributed by atoms with van der Waals surface area (Å²) < 4.78 is 72.0. The molecule has 1 amide bonds. The molecular formula is C27H24F4N6O4. The van der Waals surface area contributed by atoms with E-state index in [0.717, 1.165) is 11.6 Å². The largest absolute Gasteiger partial charge is 0.480 e. The van der Waals surface area contributed by atoms with Crippen LogP contribution < -0.4 is 10.1 Å². The Morgan fingerprint density at radius 1 is 1.15 bits per heavy atom. The van der Waals surface area contributed by atoms with Gasteiger partial charge in [-0.2, -0.15) is 13.2 Å². The topological polar surface area (TPSA) is 117 Å². The van der Waals surface area contributed by atoms with E-state index in [1.165, 1.54) is 12.1 Å². The molecule has 4 aromatic rings. The first-order valence-electron chi connectivity index (χ1n) is 12.8. The second kappa shape index (κ2) is 10.3. The number of hydrogen-bond acceptors (Lipinski definition) is 8. The Labute approximate surface area is 230 Å². The number of methoxy groups -OCH3 is 1. The van der Waals surface area contributed by atoms with Gasteiger partial charge in [0.15, 0.2) is 11.6 Å². The lowest BCUT2D eigenvalue weighted by Crippen LogP contribution is -2.30. The molecule has 4 heterocycles. The summed E-state index contributed by atoms with van der Waals surface area (Å²) in [6.07, 6.45) is 0.434. The molecule has 2 aliphatic rings. The minimum absolute atomic E-state index is 0.0959. The van der Waals surface area contributed by atoms with Crippen LogP contribution in [0.3, 0.4) is 0 Å². The molecule has 10 nitrogen and oxygen atoms in total. The van der Waals surface area contributed by atoms with E-state index in [9.17, 15) is 22.4 Å².